The molecule has 152 valence electrons. The van der Waals surface area contributed by atoms with Crippen molar-refractivity contribution in [3.05, 3.63) is 0 Å². The van der Waals surface area contributed by atoms with Crippen molar-refractivity contribution in [2.24, 2.45) is 4.99 Å². The van der Waals surface area contributed by atoms with Crippen LogP contribution >= 0.6 is 24.0 Å². The van der Waals surface area contributed by atoms with Crippen LogP contribution in [0.15, 0.2) is 4.99 Å². The topological polar surface area (TPSA) is 94.1 Å². The third-order valence-corrected chi connectivity index (χ3v) is 6.84. The summed E-state index contributed by atoms with van der Waals surface area (Å²) in [6.07, 6.45) is 5.52. The first-order valence-electron chi connectivity index (χ1n) is 9.00. The van der Waals surface area contributed by atoms with E-state index >= 15 is 0 Å². The van der Waals surface area contributed by atoms with Crippen LogP contribution < -0.4 is 10.0 Å². The normalized spacial score (nSPS) is 22.0. The number of nitrogens with one attached hydrogen (secondary N) is 2. The first kappa shape index (κ1) is 23.4. The molecule has 1 unspecified atom stereocenters. The number of carbonyl (C=O) groups excluding carboxylic acids is 1. The van der Waals surface area contributed by atoms with Crippen LogP contribution in [0.4, 0.5) is 0 Å². The van der Waals surface area contributed by atoms with E-state index in [1.54, 1.807) is 21.1 Å². The van der Waals surface area contributed by atoms with Gasteiger partial charge in [0.05, 0.1) is 11.8 Å². The maximum atomic E-state index is 12.7. The van der Waals surface area contributed by atoms with Gasteiger partial charge in [0.25, 0.3) is 0 Å². The van der Waals surface area contributed by atoms with Gasteiger partial charge in [0, 0.05) is 40.3 Å². The summed E-state index contributed by atoms with van der Waals surface area (Å²) < 4.78 is 28.3. The van der Waals surface area contributed by atoms with Crippen molar-refractivity contribution >= 4 is 45.9 Å². The van der Waals surface area contributed by atoms with Crippen molar-refractivity contribution in [1.82, 2.24) is 19.8 Å². The molecule has 1 atom stereocenters. The first-order chi connectivity index (χ1) is 11.8. The molecule has 1 saturated carbocycles. The molecule has 10 heteroatoms. The Morgan fingerprint density at radius 3 is 2.42 bits per heavy atom. The number of likely N-dealkylation sites (tertiary alicyclic amines) is 1. The van der Waals surface area contributed by atoms with Gasteiger partial charge in [0.1, 0.15) is 0 Å². The van der Waals surface area contributed by atoms with Crippen LogP contribution in [0.1, 0.15) is 38.5 Å². The highest BCUT2D eigenvalue weighted by atomic mass is 127. The molecule has 1 saturated heterocycles. The van der Waals surface area contributed by atoms with Gasteiger partial charge in [-0.2, -0.15) is 0 Å². The van der Waals surface area contributed by atoms with E-state index in [9.17, 15) is 13.2 Å². The minimum Gasteiger partial charge on any atom is -0.347 e. The van der Waals surface area contributed by atoms with Crippen molar-refractivity contribution in [3.8, 4) is 0 Å². The summed E-state index contributed by atoms with van der Waals surface area (Å²) in [5, 5.41) is 2.59. The molecule has 0 aromatic rings. The fourth-order valence-corrected chi connectivity index (χ4v) is 5.15. The van der Waals surface area contributed by atoms with Crippen molar-refractivity contribution in [1.29, 1.82) is 0 Å². The second kappa shape index (κ2) is 10.6. The maximum Gasteiger partial charge on any atom is 0.241 e. The van der Waals surface area contributed by atoms with Crippen molar-refractivity contribution in [2.75, 3.05) is 40.8 Å². The Kier molecular flexibility index (Phi) is 9.59. The van der Waals surface area contributed by atoms with Crippen LogP contribution in [0.25, 0.3) is 0 Å². The second-order valence-electron chi connectivity index (χ2n) is 7.04. The van der Waals surface area contributed by atoms with Gasteiger partial charge in [0.15, 0.2) is 5.96 Å². The molecule has 0 aromatic heterocycles. The standard InChI is InChI=1S/C16H31N5O3S.HI/c1-17-16(18-11-15(22)20(2)3)21-10-6-9-14(12-21)25(23,24)19-13-7-4-5-8-13;/h13-14,19H,4-12H2,1-3H3,(H,17,18);1H. The van der Waals surface area contributed by atoms with Gasteiger partial charge in [-0.3, -0.25) is 9.79 Å². The summed E-state index contributed by atoms with van der Waals surface area (Å²) in [7, 11) is 1.71. The van der Waals surface area contributed by atoms with E-state index in [-0.39, 0.29) is 42.5 Å². The number of hydrogen-bond donors (Lipinski definition) is 2. The molecule has 0 aromatic carbocycles. The monoisotopic (exact) mass is 501 g/mol. The van der Waals surface area contributed by atoms with Crippen LogP contribution in [-0.2, 0) is 14.8 Å². The van der Waals surface area contributed by atoms with Gasteiger partial charge in [0.2, 0.25) is 15.9 Å². The molecule has 1 aliphatic carbocycles. The molecular weight excluding hydrogens is 469 g/mol. The molecule has 2 N–H and O–H groups in total. The zero-order valence-electron chi connectivity index (χ0n) is 15.9. The maximum absolute atomic E-state index is 12.7. The minimum absolute atomic E-state index is 0. The number of amides is 1. The molecular formula is C16H32IN5O3S. The Hall–Kier alpha value is -0.620. The van der Waals surface area contributed by atoms with Crippen LogP contribution in [0.2, 0.25) is 0 Å². The van der Waals surface area contributed by atoms with Gasteiger partial charge in [-0.1, -0.05) is 12.8 Å². The number of carbonyl (C=O) groups is 1. The smallest absolute Gasteiger partial charge is 0.241 e. The lowest BCUT2D eigenvalue weighted by Crippen LogP contribution is -2.53. The Balaban J connectivity index is 0.00000338. The summed E-state index contributed by atoms with van der Waals surface area (Å²) >= 11 is 0. The Morgan fingerprint density at radius 2 is 1.85 bits per heavy atom. The summed E-state index contributed by atoms with van der Waals surface area (Å²) in [5.41, 5.74) is 0. The Labute approximate surface area is 174 Å². The Bertz CT molecular complexity index is 591. The SMILES string of the molecule is CN=C(NCC(=O)N(C)C)N1CCCC(S(=O)(=O)NC2CCCC2)C1.I. The zero-order chi connectivity index (χ0) is 18.4. The van der Waals surface area contributed by atoms with Gasteiger partial charge in [-0.15, -0.1) is 24.0 Å². The predicted octanol–water partition coefficient (Wildman–Crippen LogP) is 0.594. The molecule has 26 heavy (non-hydrogen) atoms. The molecule has 8 nitrogen and oxygen atoms in total. The van der Waals surface area contributed by atoms with Gasteiger partial charge in [-0.05, 0) is 25.7 Å². The first-order valence-corrected chi connectivity index (χ1v) is 10.5. The van der Waals surface area contributed by atoms with Crippen molar-refractivity contribution < 1.29 is 13.2 Å². The van der Waals surface area contributed by atoms with Crippen molar-refractivity contribution in [2.45, 2.75) is 49.8 Å². The van der Waals surface area contributed by atoms with Gasteiger partial charge < -0.3 is 15.1 Å². The van der Waals surface area contributed by atoms with Crippen molar-refractivity contribution in [3.63, 3.8) is 0 Å². The highest BCUT2D eigenvalue weighted by Gasteiger charge is 2.34. The van der Waals surface area contributed by atoms with E-state index in [4.69, 9.17) is 0 Å². The molecule has 1 aliphatic heterocycles. The fourth-order valence-electron chi connectivity index (χ4n) is 3.40. The number of nitrogens with zero attached hydrogens (tertiary/aromatic N) is 3. The van der Waals surface area contributed by atoms with Crippen LogP contribution in [0, 0.1) is 0 Å². The molecule has 2 aliphatic rings. The van der Waals surface area contributed by atoms with E-state index in [0.717, 1.165) is 38.6 Å². The summed E-state index contributed by atoms with van der Waals surface area (Å²) in [4.78, 5) is 19.4. The van der Waals surface area contributed by atoms with Gasteiger partial charge >= 0.3 is 0 Å². The molecule has 0 spiro atoms. The van der Waals surface area contributed by atoms with E-state index < -0.39 is 15.3 Å². The second-order valence-corrected chi connectivity index (χ2v) is 9.04. The number of rotatable bonds is 5. The molecule has 1 amide bonds. The predicted molar refractivity (Wildman–Crippen MR) is 114 cm³/mol. The number of likely N-dealkylation sites (N-methyl/N-ethyl adjacent to an activating group) is 1. The lowest BCUT2D eigenvalue weighted by molar-refractivity contribution is -0.127. The van der Waals surface area contributed by atoms with Crippen LogP contribution in [-0.4, -0.2) is 82.2 Å². The third kappa shape index (κ3) is 6.52. The summed E-state index contributed by atoms with van der Waals surface area (Å²) in [6.45, 7) is 1.29. The molecule has 1 heterocycles. The molecule has 2 rings (SSSR count). The highest BCUT2D eigenvalue weighted by molar-refractivity contribution is 14.0. The molecule has 0 radical (unpaired) electrons. The van der Waals surface area contributed by atoms with E-state index in [2.05, 4.69) is 15.0 Å². The number of halogens is 1. The molecule has 2 fully saturated rings. The average Bonchev–Trinajstić information content (AvgIpc) is 3.07. The number of piperidine rings is 1. The quantitative estimate of drug-likeness (QED) is 0.327. The van der Waals surface area contributed by atoms with E-state index in [1.165, 1.54) is 4.90 Å². The van der Waals surface area contributed by atoms with Crippen LogP contribution in [0.5, 0.6) is 0 Å². The highest BCUT2D eigenvalue weighted by Crippen LogP contribution is 2.22. The number of hydrogen-bond acceptors (Lipinski definition) is 4. The zero-order valence-corrected chi connectivity index (χ0v) is 19.0. The largest absolute Gasteiger partial charge is 0.347 e. The Morgan fingerprint density at radius 1 is 1.19 bits per heavy atom. The van der Waals surface area contributed by atoms with E-state index in [1.807, 2.05) is 4.90 Å². The summed E-state index contributed by atoms with van der Waals surface area (Å²) in [5.74, 6) is 0.529. The van der Waals surface area contributed by atoms with E-state index in [0.29, 0.717) is 18.9 Å². The lowest BCUT2D eigenvalue weighted by atomic mass is 10.1. The number of guanidine groups is 1. The third-order valence-electron chi connectivity index (χ3n) is 4.91. The summed E-state index contributed by atoms with van der Waals surface area (Å²) in [6, 6.07) is 0.0931. The van der Waals surface area contributed by atoms with Gasteiger partial charge in [-0.25, -0.2) is 13.1 Å². The van der Waals surface area contributed by atoms with Crippen LogP contribution in [0.3, 0.4) is 0 Å². The minimum atomic E-state index is -3.34. The number of aliphatic imine (C=N–C) groups is 1. The molecule has 0 bridgehead atoms. The lowest BCUT2D eigenvalue weighted by Gasteiger charge is -2.35. The number of sulfonamides is 1. The fraction of sp³-hybridized carbons (Fsp3) is 0.875. The average molecular weight is 501 g/mol.